The van der Waals surface area contributed by atoms with E-state index in [4.69, 9.17) is 9.84 Å². The third-order valence-corrected chi connectivity index (χ3v) is 6.89. The van der Waals surface area contributed by atoms with Gasteiger partial charge in [0.05, 0.1) is 24.6 Å². The van der Waals surface area contributed by atoms with E-state index in [1.165, 1.54) is 35.1 Å². The lowest BCUT2D eigenvalue weighted by atomic mass is 10.0. The number of aromatic nitrogens is 2. The Balaban J connectivity index is 1.36. The van der Waals surface area contributed by atoms with Crippen LogP contribution >= 0.6 is 0 Å². The maximum absolute atomic E-state index is 5.54. The Kier molecular flexibility index (Phi) is 6.39. The molecule has 1 aromatic heterocycles. The second kappa shape index (κ2) is 9.57. The van der Waals surface area contributed by atoms with Crippen molar-refractivity contribution in [1.29, 1.82) is 0 Å². The Morgan fingerprint density at radius 1 is 0.906 bits per heavy atom. The van der Waals surface area contributed by atoms with Crippen LogP contribution in [0, 0.1) is 13.8 Å². The Bertz CT molecular complexity index is 1030. The van der Waals surface area contributed by atoms with E-state index in [1.54, 1.807) is 0 Å². The Morgan fingerprint density at radius 2 is 1.66 bits per heavy atom. The molecule has 5 nitrogen and oxygen atoms in total. The molecule has 2 aliphatic heterocycles. The van der Waals surface area contributed by atoms with Gasteiger partial charge >= 0.3 is 0 Å². The number of nitrogens with zero attached hydrogens (tertiary/aromatic N) is 4. The van der Waals surface area contributed by atoms with Gasteiger partial charge in [0.25, 0.3) is 0 Å². The summed E-state index contributed by atoms with van der Waals surface area (Å²) < 4.78 is 7.59. The SMILES string of the molecule is Cc1ccc(-n2cc(CN3CCC(N4CCOCC4)CC3)c(-c3cccc(C)c3)n2)cc1. The zero-order valence-electron chi connectivity index (χ0n) is 19.3. The quantitative estimate of drug-likeness (QED) is 0.599. The van der Waals surface area contributed by atoms with Gasteiger partial charge in [-0.3, -0.25) is 9.80 Å². The van der Waals surface area contributed by atoms with Gasteiger partial charge in [-0.2, -0.15) is 5.10 Å². The van der Waals surface area contributed by atoms with E-state index >= 15 is 0 Å². The van der Waals surface area contributed by atoms with E-state index in [2.05, 4.69) is 78.4 Å². The number of piperidine rings is 1. The molecular weight excluding hydrogens is 396 g/mol. The minimum Gasteiger partial charge on any atom is -0.379 e. The van der Waals surface area contributed by atoms with Crippen molar-refractivity contribution in [3.63, 3.8) is 0 Å². The zero-order chi connectivity index (χ0) is 21.9. The van der Waals surface area contributed by atoms with Crippen molar-refractivity contribution in [2.45, 2.75) is 39.3 Å². The van der Waals surface area contributed by atoms with Gasteiger partial charge in [-0.1, -0.05) is 41.5 Å². The summed E-state index contributed by atoms with van der Waals surface area (Å²) in [6, 6.07) is 18.0. The molecule has 0 saturated carbocycles. The normalized spacial score (nSPS) is 18.8. The number of rotatable bonds is 5. The standard InChI is InChI=1S/C27H34N4O/c1-21-6-8-26(9-7-21)31-20-24(27(28-31)23-5-3-4-22(2)18-23)19-29-12-10-25(11-13-29)30-14-16-32-17-15-30/h3-9,18,20,25H,10-17,19H2,1-2H3. The number of morpholine rings is 1. The first kappa shape index (κ1) is 21.4. The van der Waals surface area contributed by atoms with E-state index in [0.29, 0.717) is 6.04 Å². The summed E-state index contributed by atoms with van der Waals surface area (Å²) in [7, 11) is 0. The van der Waals surface area contributed by atoms with Gasteiger partial charge in [0.2, 0.25) is 0 Å². The molecule has 5 rings (SSSR count). The minimum atomic E-state index is 0.710. The van der Waals surface area contributed by atoms with Crippen molar-refractivity contribution in [1.82, 2.24) is 19.6 Å². The molecule has 0 N–H and O–H groups in total. The van der Waals surface area contributed by atoms with Gasteiger partial charge in [0.15, 0.2) is 0 Å². The fourth-order valence-electron chi connectivity index (χ4n) is 5.02. The second-order valence-electron chi connectivity index (χ2n) is 9.31. The average molecular weight is 431 g/mol. The van der Waals surface area contributed by atoms with Crippen LogP contribution in [0.25, 0.3) is 16.9 Å². The molecule has 0 spiro atoms. The first-order valence-corrected chi connectivity index (χ1v) is 11.9. The summed E-state index contributed by atoms with van der Waals surface area (Å²) in [4.78, 5) is 5.24. The summed E-state index contributed by atoms with van der Waals surface area (Å²) >= 11 is 0. The van der Waals surface area contributed by atoms with Gasteiger partial charge in [0.1, 0.15) is 0 Å². The van der Waals surface area contributed by atoms with E-state index in [9.17, 15) is 0 Å². The topological polar surface area (TPSA) is 33.5 Å². The highest BCUT2D eigenvalue weighted by atomic mass is 16.5. The molecule has 2 saturated heterocycles. The number of hydrogen-bond donors (Lipinski definition) is 0. The first-order valence-electron chi connectivity index (χ1n) is 11.9. The second-order valence-corrected chi connectivity index (χ2v) is 9.31. The van der Waals surface area contributed by atoms with Crippen LogP contribution in [0.2, 0.25) is 0 Å². The van der Waals surface area contributed by atoms with Crippen LogP contribution in [0.3, 0.4) is 0 Å². The summed E-state index contributed by atoms with van der Waals surface area (Å²) in [5.41, 5.74) is 7.26. The monoisotopic (exact) mass is 430 g/mol. The summed E-state index contributed by atoms with van der Waals surface area (Å²) in [5, 5.41) is 5.04. The molecular formula is C27H34N4O. The van der Waals surface area contributed by atoms with Crippen molar-refractivity contribution in [3.8, 4) is 16.9 Å². The third-order valence-electron chi connectivity index (χ3n) is 6.89. The van der Waals surface area contributed by atoms with Crippen molar-refractivity contribution in [3.05, 3.63) is 71.4 Å². The highest BCUT2D eigenvalue weighted by molar-refractivity contribution is 5.64. The van der Waals surface area contributed by atoms with Gasteiger partial charge in [0, 0.05) is 43.0 Å². The molecule has 0 aliphatic carbocycles. The Hall–Kier alpha value is -2.47. The van der Waals surface area contributed by atoms with Crippen LogP contribution in [0.5, 0.6) is 0 Å². The van der Waals surface area contributed by atoms with Crippen LogP contribution in [0.1, 0.15) is 29.5 Å². The highest BCUT2D eigenvalue weighted by Crippen LogP contribution is 2.27. The fourth-order valence-corrected chi connectivity index (χ4v) is 5.02. The van der Waals surface area contributed by atoms with E-state index in [-0.39, 0.29) is 0 Å². The lowest BCUT2D eigenvalue weighted by Gasteiger charge is -2.40. The van der Waals surface area contributed by atoms with Crippen molar-refractivity contribution >= 4 is 0 Å². The van der Waals surface area contributed by atoms with E-state index in [0.717, 1.165) is 57.3 Å². The molecule has 168 valence electrons. The van der Waals surface area contributed by atoms with Crippen LogP contribution in [0.15, 0.2) is 54.7 Å². The molecule has 3 heterocycles. The van der Waals surface area contributed by atoms with Gasteiger partial charge in [-0.25, -0.2) is 4.68 Å². The molecule has 3 aromatic rings. The minimum absolute atomic E-state index is 0.710. The number of hydrogen-bond acceptors (Lipinski definition) is 4. The first-order chi connectivity index (χ1) is 15.7. The molecule has 5 heteroatoms. The zero-order valence-corrected chi connectivity index (χ0v) is 19.3. The summed E-state index contributed by atoms with van der Waals surface area (Å²) in [6.07, 6.45) is 4.72. The smallest absolute Gasteiger partial charge is 0.0972 e. The molecule has 0 bridgehead atoms. The molecule has 0 radical (unpaired) electrons. The summed E-state index contributed by atoms with van der Waals surface area (Å²) in [6.45, 7) is 11.5. The van der Waals surface area contributed by atoms with Crippen LogP contribution < -0.4 is 0 Å². The molecule has 32 heavy (non-hydrogen) atoms. The van der Waals surface area contributed by atoms with Crippen LogP contribution in [-0.4, -0.2) is 65.0 Å². The molecule has 0 unspecified atom stereocenters. The number of benzene rings is 2. The van der Waals surface area contributed by atoms with E-state index in [1.807, 2.05) is 4.68 Å². The van der Waals surface area contributed by atoms with Gasteiger partial charge in [-0.05, 0) is 58.0 Å². The van der Waals surface area contributed by atoms with Crippen LogP contribution in [-0.2, 0) is 11.3 Å². The molecule has 2 aromatic carbocycles. The largest absolute Gasteiger partial charge is 0.379 e. The average Bonchev–Trinajstić information content (AvgIpc) is 3.24. The third kappa shape index (κ3) is 4.80. The van der Waals surface area contributed by atoms with Gasteiger partial charge < -0.3 is 4.74 Å². The summed E-state index contributed by atoms with van der Waals surface area (Å²) in [5.74, 6) is 0. The Morgan fingerprint density at radius 3 is 2.38 bits per heavy atom. The maximum atomic E-state index is 5.54. The van der Waals surface area contributed by atoms with E-state index < -0.39 is 0 Å². The molecule has 2 aliphatic rings. The number of ether oxygens (including phenoxy) is 1. The predicted octanol–water partition coefficient (Wildman–Crippen LogP) is 4.45. The van der Waals surface area contributed by atoms with Crippen LogP contribution in [0.4, 0.5) is 0 Å². The lowest BCUT2D eigenvalue weighted by molar-refractivity contribution is 0.000241. The molecule has 0 amide bonds. The highest BCUT2D eigenvalue weighted by Gasteiger charge is 2.26. The predicted molar refractivity (Wildman–Crippen MR) is 129 cm³/mol. The molecule has 0 atom stereocenters. The number of likely N-dealkylation sites (tertiary alicyclic amines) is 1. The number of aryl methyl sites for hydroxylation is 2. The molecule has 2 fully saturated rings. The fraction of sp³-hybridized carbons (Fsp3) is 0.444. The van der Waals surface area contributed by atoms with Crippen molar-refractivity contribution < 1.29 is 4.74 Å². The van der Waals surface area contributed by atoms with Crippen molar-refractivity contribution in [2.75, 3.05) is 39.4 Å². The maximum Gasteiger partial charge on any atom is 0.0972 e. The van der Waals surface area contributed by atoms with Gasteiger partial charge in [-0.15, -0.1) is 0 Å². The van der Waals surface area contributed by atoms with Crippen molar-refractivity contribution in [2.24, 2.45) is 0 Å². The Labute approximate surface area is 191 Å². The lowest BCUT2D eigenvalue weighted by Crippen LogP contribution is -2.48.